The molecule has 122 valence electrons. The Balaban J connectivity index is 1.50. The van der Waals surface area contributed by atoms with Crippen molar-refractivity contribution in [3.05, 3.63) is 24.3 Å². The van der Waals surface area contributed by atoms with Crippen LogP contribution in [-0.2, 0) is 0 Å². The molecule has 0 bridgehead atoms. The van der Waals surface area contributed by atoms with E-state index in [1.165, 1.54) is 51.4 Å². The summed E-state index contributed by atoms with van der Waals surface area (Å²) in [7, 11) is 0. The van der Waals surface area contributed by atoms with Gasteiger partial charge in [-0.25, -0.2) is 0 Å². The van der Waals surface area contributed by atoms with Crippen molar-refractivity contribution in [3.8, 4) is 11.5 Å². The van der Waals surface area contributed by atoms with E-state index in [1.54, 1.807) is 0 Å². The van der Waals surface area contributed by atoms with Crippen LogP contribution in [0.5, 0.6) is 11.5 Å². The van der Waals surface area contributed by atoms with E-state index in [0.717, 1.165) is 37.1 Å². The lowest BCUT2D eigenvalue weighted by Crippen LogP contribution is -2.33. The number of hydrogen-bond donors (Lipinski definition) is 0. The van der Waals surface area contributed by atoms with Crippen LogP contribution in [0.25, 0.3) is 0 Å². The van der Waals surface area contributed by atoms with Crippen molar-refractivity contribution >= 4 is 0 Å². The van der Waals surface area contributed by atoms with Gasteiger partial charge in [-0.2, -0.15) is 0 Å². The van der Waals surface area contributed by atoms with Crippen LogP contribution in [-0.4, -0.2) is 31.3 Å². The predicted molar refractivity (Wildman–Crippen MR) is 89.4 cm³/mol. The summed E-state index contributed by atoms with van der Waals surface area (Å²) in [6.45, 7) is 3.84. The minimum Gasteiger partial charge on any atom is -0.489 e. The fourth-order valence-corrected chi connectivity index (χ4v) is 3.50. The van der Waals surface area contributed by atoms with Gasteiger partial charge in [0.05, 0.1) is 6.61 Å². The Labute approximate surface area is 134 Å². The average Bonchev–Trinajstić information content (AvgIpc) is 2.61. The molecule has 0 amide bonds. The molecule has 0 atom stereocenters. The van der Waals surface area contributed by atoms with E-state index >= 15 is 0 Å². The molecule has 22 heavy (non-hydrogen) atoms. The summed E-state index contributed by atoms with van der Waals surface area (Å²) in [5, 5.41) is 0. The summed E-state index contributed by atoms with van der Waals surface area (Å²) in [4.78, 5) is 2.39. The quantitative estimate of drug-likeness (QED) is 0.774. The van der Waals surface area contributed by atoms with Crippen LogP contribution in [0.15, 0.2) is 24.3 Å². The molecule has 1 aromatic carbocycles. The minimum atomic E-state index is 0.684. The lowest BCUT2D eigenvalue weighted by Gasteiger charge is -2.27. The van der Waals surface area contributed by atoms with Gasteiger partial charge >= 0.3 is 0 Å². The highest BCUT2D eigenvalue weighted by molar-refractivity contribution is 5.39. The molecule has 1 saturated carbocycles. The maximum absolute atomic E-state index is 6.07. The van der Waals surface area contributed by atoms with Gasteiger partial charge in [-0.05, 0) is 43.7 Å². The molecular weight excluding hydrogens is 274 g/mol. The Bertz CT molecular complexity index is 396. The first-order valence-corrected chi connectivity index (χ1v) is 8.99. The Morgan fingerprint density at radius 1 is 0.818 bits per heavy atom. The van der Waals surface area contributed by atoms with Crippen LogP contribution < -0.4 is 9.47 Å². The van der Waals surface area contributed by atoms with Gasteiger partial charge in [0.2, 0.25) is 0 Å². The Kier molecular flexibility index (Phi) is 6.00. The van der Waals surface area contributed by atoms with Crippen LogP contribution in [0.2, 0.25) is 0 Å². The molecule has 1 aromatic rings. The lowest BCUT2D eigenvalue weighted by atomic mass is 9.90. The van der Waals surface area contributed by atoms with Crippen LogP contribution in [0.3, 0.4) is 0 Å². The first-order valence-electron chi connectivity index (χ1n) is 8.99. The van der Waals surface area contributed by atoms with Crippen LogP contribution in [0.1, 0.15) is 51.4 Å². The highest BCUT2D eigenvalue weighted by Crippen LogP contribution is 2.29. The number of nitrogens with zero attached hydrogens (tertiary/aromatic N) is 1. The van der Waals surface area contributed by atoms with Crippen molar-refractivity contribution in [3.63, 3.8) is 0 Å². The van der Waals surface area contributed by atoms with Crippen molar-refractivity contribution in [2.75, 3.05) is 26.4 Å². The number of ether oxygens (including phenoxy) is 2. The Morgan fingerprint density at radius 2 is 1.45 bits per heavy atom. The number of piperidine rings is 1. The highest BCUT2D eigenvalue weighted by atomic mass is 16.5. The van der Waals surface area contributed by atoms with E-state index in [-0.39, 0.29) is 0 Å². The molecule has 2 aliphatic rings. The Hall–Kier alpha value is -1.22. The lowest BCUT2D eigenvalue weighted by molar-refractivity contribution is 0.101. The van der Waals surface area contributed by atoms with Gasteiger partial charge in [0.25, 0.3) is 0 Å². The van der Waals surface area contributed by atoms with E-state index in [0.29, 0.717) is 6.73 Å². The summed E-state index contributed by atoms with van der Waals surface area (Å²) in [5.41, 5.74) is 0. The minimum absolute atomic E-state index is 0.684. The van der Waals surface area contributed by atoms with Gasteiger partial charge in [-0.15, -0.1) is 0 Å². The van der Waals surface area contributed by atoms with E-state index in [1.807, 2.05) is 24.3 Å². The molecule has 0 spiro atoms. The zero-order chi connectivity index (χ0) is 15.0. The van der Waals surface area contributed by atoms with Crippen LogP contribution >= 0.6 is 0 Å². The highest BCUT2D eigenvalue weighted by Gasteiger charge is 2.16. The van der Waals surface area contributed by atoms with Crippen molar-refractivity contribution in [1.82, 2.24) is 4.90 Å². The van der Waals surface area contributed by atoms with Gasteiger partial charge < -0.3 is 9.47 Å². The second-order valence-corrected chi connectivity index (χ2v) is 6.71. The van der Waals surface area contributed by atoms with Gasteiger partial charge in [-0.3, -0.25) is 4.90 Å². The summed E-state index contributed by atoms with van der Waals surface area (Å²) in [6.07, 6.45) is 10.7. The summed E-state index contributed by atoms with van der Waals surface area (Å²) < 4.78 is 12.1. The van der Waals surface area contributed by atoms with Gasteiger partial charge in [0, 0.05) is 13.1 Å². The van der Waals surface area contributed by atoms with E-state index < -0.39 is 0 Å². The number of likely N-dealkylation sites (tertiary alicyclic amines) is 1. The zero-order valence-electron chi connectivity index (χ0n) is 13.6. The molecule has 3 nitrogen and oxygen atoms in total. The molecule has 0 radical (unpaired) electrons. The molecule has 2 fully saturated rings. The van der Waals surface area contributed by atoms with Crippen LogP contribution in [0.4, 0.5) is 0 Å². The average molecular weight is 303 g/mol. The first-order chi connectivity index (χ1) is 10.9. The van der Waals surface area contributed by atoms with Crippen molar-refractivity contribution in [1.29, 1.82) is 0 Å². The molecule has 1 aliphatic heterocycles. The second-order valence-electron chi connectivity index (χ2n) is 6.71. The normalized spacial score (nSPS) is 20.7. The second kappa shape index (κ2) is 8.42. The van der Waals surface area contributed by atoms with Gasteiger partial charge in [0.15, 0.2) is 11.5 Å². The molecule has 0 aromatic heterocycles. The topological polar surface area (TPSA) is 21.7 Å². The SMILES string of the molecule is c1ccc(OCN2CCCCC2)c(OCC2CCCCC2)c1. The van der Waals surface area contributed by atoms with Crippen LogP contribution in [0, 0.1) is 5.92 Å². The molecule has 0 N–H and O–H groups in total. The van der Waals surface area contributed by atoms with Crippen molar-refractivity contribution in [2.24, 2.45) is 5.92 Å². The third-order valence-corrected chi connectivity index (χ3v) is 4.90. The summed E-state index contributed by atoms with van der Waals surface area (Å²) in [6, 6.07) is 8.12. The molecule has 1 aliphatic carbocycles. The maximum Gasteiger partial charge on any atom is 0.163 e. The molecule has 3 rings (SSSR count). The largest absolute Gasteiger partial charge is 0.489 e. The smallest absolute Gasteiger partial charge is 0.163 e. The first kappa shape index (κ1) is 15.7. The fourth-order valence-electron chi connectivity index (χ4n) is 3.50. The van der Waals surface area contributed by atoms with E-state index in [4.69, 9.17) is 9.47 Å². The molecular formula is C19H29NO2. The monoisotopic (exact) mass is 303 g/mol. The Morgan fingerprint density at radius 3 is 2.18 bits per heavy atom. The fraction of sp³-hybridized carbons (Fsp3) is 0.684. The molecule has 0 unspecified atom stereocenters. The summed E-state index contributed by atoms with van der Waals surface area (Å²) >= 11 is 0. The third-order valence-electron chi connectivity index (χ3n) is 4.90. The predicted octanol–water partition coefficient (Wildman–Crippen LogP) is 4.47. The zero-order valence-corrected chi connectivity index (χ0v) is 13.6. The molecule has 3 heteroatoms. The number of hydrogen-bond acceptors (Lipinski definition) is 3. The maximum atomic E-state index is 6.07. The summed E-state index contributed by atoms with van der Waals surface area (Å²) in [5.74, 6) is 2.53. The standard InChI is InChI=1S/C19H29NO2/c1-3-9-17(10-4-1)15-21-18-11-5-6-12-19(18)22-16-20-13-7-2-8-14-20/h5-6,11-12,17H,1-4,7-10,13-16H2. The van der Waals surface area contributed by atoms with E-state index in [9.17, 15) is 0 Å². The molecule has 1 heterocycles. The number of para-hydroxylation sites is 2. The van der Waals surface area contributed by atoms with Gasteiger partial charge in [-0.1, -0.05) is 37.8 Å². The molecule has 1 saturated heterocycles. The van der Waals surface area contributed by atoms with Crippen molar-refractivity contribution in [2.45, 2.75) is 51.4 Å². The van der Waals surface area contributed by atoms with Gasteiger partial charge in [0.1, 0.15) is 6.73 Å². The number of rotatable bonds is 6. The number of benzene rings is 1. The van der Waals surface area contributed by atoms with E-state index in [2.05, 4.69) is 4.90 Å². The van der Waals surface area contributed by atoms with Crippen molar-refractivity contribution < 1.29 is 9.47 Å². The third kappa shape index (κ3) is 4.64.